The Balaban J connectivity index is 1.74. The van der Waals surface area contributed by atoms with Crippen LogP contribution in [0.5, 0.6) is 0 Å². The second-order valence-corrected chi connectivity index (χ2v) is 8.06. The molecule has 0 N–H and O–H groups in total. The first kappa shape index (κ1) is 20.1. The summed E-state index contributed by atoms with van der Waals surface area (Å²) in [4.78, 5) is 11.3. The van der Waals surface area contributed by atoms with Gasteiger partial charge in [0.1, 0.15) is 17.6 Å². The molecule has 1 aromatic carbocycles. The van der Waals surface area contributed by atoms with Crippen molar-refractivity contribution in [3.05, 3.63) is 51.9 Å². The van der Waals surface area contributed by atoms with Crippen molar-refractivity contribution in [3.63, 3.8) is 0 Å². The summed E-state index contributed by atoms with van der Waals surface area (Å²) >= 11 is 0. The molecule has 1 fully saturated rings. The van der Waals surface area contributed by atoms with Crippen molar-refractivity contribution in [2.75, 3.05) is 31.1 Å². The first-order chi connectivity index (χ1) is 13.1. The number of nitro benzene ring substituents is 1. The van der Waals surface area contributed by atoms with Crippen molar-refractivity contribution in [3.8, 4) is 0 Å². The molecule has 9 nitrogen and oxygen atoms in total. The molecular weight excluding hydrogens is 405 g/mol. The number of anilines is 1. The van der Waals surface area contributed by atoms with Crippen molar-refractivity contribution >= 4 is 21.4 Å². The monoisotopic (exact) mass is 420 g/mol. The first-order valence-corrected chi connectivity index (χ1v) is 9.66. The number of rotatable bonds is 5. The number of halogens is 3. The summed E-state index contributed by atoms with van der Waals surface area (Å²) in [6.45, 7) is 0.428. The van der Waals surface area contributed by atoms with Gasteiger partial charge in [-0.25, -0.2) is 8.42 Å². The Bertz CT molecular complexity index is 955. The molecule has 1 saturated heterocycles. The van der Waals surface area contributed by atoms with Gasteiger partial charge >= 0.3 is 6.18 Å². The third kappa shape index (κ3) is 4.25. The number of piperazine rings is 1. The molecule has 0 atom stereocenters. The summed E-state index contributed by atoms with van der Waals surface area (Å²) in [5, 5.41) is 14.4. The second-order valence-electron chi connectivity index (χ2n) is 6.09. The van der Waals surface area contributed by atoms with Crippen molar-refractivity contribution in [2.45, 2.75) is 11.9 Å². The van der Waals surface area contributed by atoms with Crippen LogP contribution in [0, 0.1) is 10.1 Å². The number of nitrogens with zero attached hydrogens (tertiary/aromatic N) is 4. The lowest BCUT2D eigenvalue weighted by Gasteiger charge is -2.35. The molecule has 1 aromatic heterocycles. The number of sulfonamides is 1. The van der Waals surface area contributed by atoms with E-state index in [4.69, 9.17) is 0 Å². The Kier molecular flexibility index (Phi) is 5.30. The lowest BCUT2D eigenvalue weighted by molar-refractivity contribution is -0.388. The van der Waals surface area contributed by atoms with E-state index in [1.165, 1.54) is 22.7 Å². The summed E-state index contributed by atoms with van der Waals surface area (Å²) in [5.74, 6) is -0.334. The lowest BCUT2D eigenvalue weighted by atomic mass is 10.1. The minimum atomic E-state index is -4.87. The Morgan fingerprint density at radius 3 is 2.39 bits per heavy atom. The number of benzene rings is 1. The topological polar surface area (TPSA) is 110 Å². The average Bonchev–Trinajstić information content (AvgIpc) is 3.13. The van der Waals surface area contributed by atoms with Crippen LogP contribution in [0.15, 0.2) is 35.1 Å². The predicted octanol–water partition coefficient (Wildman–Crippen LogP) is 2.25. The quantitative estimate of drug-likeness (QED) is 0.539. The average molecular weight is 420 g/mol. The highest BCUT2D eigenvalue weighted by atomic mass is 32.2. The zero-order valence-electron chi connectivity index (χ0n) is 14.3. The molecule has 2 aromatic rings. The molecule has 1 aliphatic heterocycles. The Morgan fingerprint density at radius 1 is 1.18 bits per heavy atom. The highest BCUT2D eigenvalue weighted by Gasteiger charge is 2.39. The Labute approximate surface area is 157 Å². The lowest BCUT2D eigenvalue weighted by Crippen LogP contribution is -2.49. The third-order valence-electron chi connectivity index (χ3n) is 4.30. The number of alkyl halides is 3. The molecule has 0 aliphatic carbocycles. The van der Waals surface area contributed by atoms with E-state index < -0.39 is 32.4 Å². The fourth-order valence-corrected chi connectivity index (χ4v) is 4.35. The van der Waals surface area contributed by atoms with Crippen molar-refractivity contribution < 1.29 is 31.0 Å². The van der Waals surface area contributed by atoms with Gasteiger partial charge < -0.3 is 9.42 Å². The molecular formula is C15H15F3N4O5S. The molecule has 0 radical (unpaired) electrons. The molecule has 152 valence electrons. The minimum Gasteiger partial charge on any atom is -0.369 e. The molecule has 0 bridgehead atoms. The molecule has 28 heavy (non-hydrogen) atoms. The van der Waals surface area contributed by atoms with Crippen LogP contribution in [0.4, 0.5) is 24.5 Å². The molecule has 1 aliphatic rings. The van der Waals surface area contributed by atoms with E-state index in [1.54, 1.807) is 4.90 Å². The van der Waals surface area contributed by atoms with Crippen LogP contribution in [0.3, 0.4) is 0 Å². The van der Waals surface area contributed by atoms with Crippen molar-refractivity contribution in [2.24, 2.45) is 0 Å². The van der Waals surface area contributed by atoms with E-state index in [9.17, 15) is 31.7 Å². The maximum absolute atomic E-state index is 13.1. The van der Waals surface area contributed by atoms with E-state index in [2.05, 4.69) is 9.68 Å². The van der Waals surface area contributed by atoms with Crippen LogP contribution in [0.2, 0.25) is 0 Å². The maximum atomic E-state index is 13.1. The summed E-state index contributed by atoms with van der Waals surface area (Å²) in [7, 11) is -3.65. The van der Waals surface area contributed by atoms with Gasteiger partial charge in [0.05, 0.1) is 10.6 Å². The highest BCUT2D eigenvalue weighted by Crippen LogP contribution is 2.38. The van der Waals surface area contributed by atoms with Gasteiger partial charge in [0.15, 0.2) is 0 Å². The molecule has 0 amide bonds. The summed E-state index contributed by atoms with van der Waals surface area (Å²) in [5.41, 5.74) is -1.96. The smallest absolute Gasteiger partial charge is 0.369 e. The van der Waals surface area contributed by atoms with Crippen LogP contribution in [-0.4, -0.2) is 49.0 Å². The number of aromatic nitrogens is 1. The number of nitro groups is 1. The fraction of sp³-hybridized carbons (Fsp3) is 0.400. The minimum absolute atomic E-state index is 0.0680. The van der Waals surface area contributed by atoms with E-state index in [0.29, 0.717) is 0 Å². The van der Waals surface area contributed by atoms with Gasteiger partial charge in [-0.05, 0) is 12.1 Å². The van der Waals surface area contributed by atoms with Crippen molar-refractivity contribution in [1.29, 1.82) is 0 Å². The zero-order valence-corrected chi connectivity index (χ0v) is 15.1. The van der Waals surface area contributed by atoms with E-state index in [1.807, 2.05) is 0 Å². The number of hydrogen-bond donors (Lipinski definition) is 0. The van der Waals surface area contributed by atoms with Gasteiger partial charge in [0.2, 0.25) is 10.0 Å². The normalized spacial score (nSPS) is 16.3. The van der Waals surface area contributed by atoms with Crippen LogP contribution in [0.25, 0.3) is 0 Å². The maximum Gasteiger partial charge on any atom is 0.423 e. The van der Waals surface area contributed by atoms with Crippen LogP contribution < -0.4 is 4.90 Å². The van der Waals surface area contributed by atoms with Crippen LogP contribution >= 0.6 is 0 Å². The molecule has 3 rings (SSSR count). The van der Waals surface area contributed by atoms with Crippen molar-refractivity contribution in [1.82, 2.24) is 9.46 Å². The standard InChI is InChI=1S/C15H15F3N4O5S/c16-15(17,18)13-9-12(1-2-14(13)22(23)24)20-4-6-21(7-5-20)28(25,26)10-11-3-8-27-19-11/h1-3,8-9H,4-7,10H2. The van der Waals surface area contributed by atoms with Crippen LogP contribution in [-0.2, 0) is 22.0 Å². The van der Waals surface area contributed by atoms with E-state index in [0.717, 1.165) is 12.1 Å². The summed E-state index contributed by atoms with van der Waals surface area (Å²) in [6.07, 6.45) is -3.61. The molecule has 13 heteroatoms. The highest BCUT2D eigenvalue weighted by molar-refractivity contribution is 7.88. The molecule has 2 heterocycles. The molecule has 0 unspecified atom stereocenters. The van der Waals surface area contributed by atoms with Gasteiger partial charge in [-0.15, -0.1) is 0 Å². The first-order valence-electron chi connectivity index (χ1n) is 8.05. The van der Waals surface area contributed by atoms with E-state index >= 15 is 0 Å². The Morgan fingerprint density at radius 2 is 1.86 bits per heavy atom. The second kappa shape index (κ2) is 7.39. The third-order valence-corrected chi connectivity index (χ3v) is 6.11. The van der Waals surface area contributed by atoms with Gasteiger partial charge in [-0.2, -0.15) is 17.5 Å². The Hall–Kier alpha value is -2.67. The zero-order chi connectivity index (χ0) is 20.5. The largest absolute Gasteiger partial charge is 0.423 e. The number of hydrogen-bond acceptors (Lipinski definition) is 7. The summed E-state index contributed by atoms with van der Waals surface area (Å²) in [6, 6.07) is 4.19. The molecule has 0 saturated carbocycles. The van der Waals surface area contributed by atoms with Gasteiger partial charge in [0.25, 0.3) is 5.69 Å². The van der Waals surface area contributed by atoms with E-state index in [-0.39, 0.29) is 43.3 Å². The predicted molar refractivity (Wildman–Crippen MR) is 91.0 cm³/mol. The fourth-order valence-electron chi connectivity index (χ4n) is 2.92. The van der Waals surface area contributed by atoms with Gasteiger partial charge in [0, 0.05) is 44.0 Å². The SMILES string of the molecule is O=[N+]([O-])c1ccc(N2CCN(S(=O)(=O)Cc3ccon3)CC2)cc1C(F)(F)F. The van der Waals surface area contributed by atoms with Gasteiger partial charge in [-0.3, -0.25) is 10.1 Å². The summed E-state index contributed by atoms with van der Waals surface area (Å²) < 4.78 is 70.0. The van der Waals surface area contributed by atoms with Gasteiger partial charge in [-0.1, -0.05) is 5.16 Å². The van der Waals surface area contributed by atoms with Crippen LogP contribution in [0.1, 0.15) is 11.3 Å². The molecule has 0 spiro atoms.